The number of imide groups is 1. The van der Waals surface area contributed by atoms with Crippen molar-refractivity contribution < 1.29 is 27.5 Å². The number of anilines is 1. The lowest BCUT2D eigenvalue weighted by molar-refractivity contribution is -0.122. The summed E-state index contributed by atoms with van der Waals surface area (Å²) in [5, 5.41) is 0. The molecule has 1 heterocycles. The number of halogens is 1. The summed E-state index contributed by atoms with van der Waals surface area (Å²) in [6.45, 7) is 3.44. The quantitative estimate of drug-likeness (QED) is 0.325. The Kier molecular flexibility index (Phi) is 6.73. The van der Waals surface area contributed by atoms with Gasteiger partial charge in [-0.25, -0.2) is 18.1 Å². The van der Waals surface area contributed by atoms with Gasteiger partial charge in [0, 0.05) is 11.0 Å². The first kappa shape index (κ1) is 22.9. The normalized spacial score (nSPS) is 16.6. The Bertz CT molecular complexity index is 1130. The Hall–Kier alpha value is -2.82. The van der Waals surface area contributed by atoms with Crippen LogP contribution in [-0.4, -0.2) is 50.2 Å². The van der Waals surface area contributed by atoms with Gasteiger partial charge in [0.15, 0.2) is 0 Å². The molecular weight excluding hydrogens is 488 g/mol. The van der Waals surface area contributed by atoms with E-state index in [-0.39, 0.29) is 29.1 Å². The van der Waals surface area contributed by atoms with Crippen LogP contribution in [-0.2, 0) is 24.3 Å². The minimum absolute atomic E-state index is 0.00122. The van der Waals surface area contributed by atoms with Crippen molar-refractivity contribution >= 4 is 49.4 Å². The van der Waals surface area contributed by atoms with Gasteiger partial charge in [0.2, 0.25) is 15.9 Å². The van der Waals surface area contributed by atoms with E-state index >= 15 is 0 Å². The van der Waals surface area contributed by atoms with Gasteiger partial charge in [0.05, 0.1) is 29.7 Å². The smallest absolute Gasteiger partial charge is 0.337 e. The third-order valence-corrected chi connectivity index (χ3v) is 7.16. The second-order valence-corrected chi connectivity index (χ2v) is 9.45. The molecule has 0 aliphatic carbocycles. The molecule has 1 aliphatic heterocycles. The molecule has 1 atom stereocenters. The van der Waals surface area contributed by atoms with Crippen LogP contribution in [0, 0.1) is 0 Å². The summed E-state index contributed by atoms with van der Waals surface area (Å²) in [7, 11) is -2.82. The lowest BCUT2D eigenvalue weighted by atomic mass is 10.2. The summed E-state index contributed by atoms with van der Waals surface area (Å²) >= 11 is 3.26. The van der Waals surface area contributed by atoms with E-state index in [2.05, 4.69) is 27.2 Å². The summed E-state index contributed by atoms with van der Waals surface area (Å²) in [5.74, 6) is -1.76. The van der Waals surface area contributed by atoms with Gasteiger partial charge in [0.25, 0.3) is 5.91 Å². The van der Waals surface area contributed by atoms with E-state index in [0.717, 1.165) is 9.21 Å². The summed E-state index contributed by atoms with van der Waals surface area (Å²) in [5.41, 5.74) is 0.498. The van der Waals surface area contributed by atoms with E-state index in [4.69, 9.17) is 0 Å². The molecule has 10 heteroatoms. The van der Waals surface area contributed by atoms with Crippen molar-refractivity contribution in [3.8, 4) is 0 Å². The van der Waals surface area contributed by atoms with Gasteiger partial charge in [-0.2, -0.15) is 4.31 Å². The first-order chi connectivity index (χ1) is 14.7. The summed E-state index contributed by atoms with van der Waals surface area (Å²) in [4.78, 5) is 38.3. The largest absolute Gasteiger partial charge is 0.465 e. The zero-order valence-electron chi connectivity index (χ0n) is 16.5. The Morgan fingerprint density at radius 1 is 1.19 bits per heavy atom. The Labute approximate surface area is 188 Å². The van der Waals surface area contributed by atoms with Crippen molar-refractivity contribution in [3.63, 3.8) is 0 Å². The van der Waals surface area contributed by atoms with Gasteiger partial charge >= 0.3 is 5.97 Å². The van der Waals surface area contributed by atoms with E-state index in [1.165, 1.54) is 49.6 Å². The van der Waals surface area contributed by atoms with Gasteiger partial charge in [-0.3, -0.25) is 9.59 Å². The topological polar surface area (TPSA) is 101 Å². The van der Waals surface area contributed by atoms with Crippen LogP contribution in [0.3, 0.4) is 0 Å². The highest BCUT2D eigenvalue weighted by molar-refractivity contribution is 9.10. The second-order valence-electron chi connectivity index (χ2n) is 6.64. The van der Waals surface area contributed by atoms with Crippen molar-refractivity contribution in [2.75, 3.05) is 18.6 Å². The molecule has 31 heavy (non-hydrogen) atoms. The van der Waals surface area contributed by atoms with Crippen LogP contribution in [0.5, 0.6) is 0 Å². The summed E-state index contributed by atoms with van der Waals surface area (Å²) in [6, 6.07) is 10.5. The molecule has 8 nitrogen and oxygen atoms in total. The van der Waals surface area contributed by atoms with E-state index in [1.54, 1.807) is 12.1 Å². The molecule has 162 valence electrons. The van der Waals surface area contributed by atoms with Crippen molar-refractivity contribution in [2.24, 2.45) is 0 Å². The van der Waals surface area contributed by atoms with Gasteiger partial charge in [-0.05, 0) is 48.5 Å². The minimum Gasteiger partial charge on any atom is -0.465 e. The molecule has 2 aromatic carbocycles. The SMILES string of the molecule is C=CCN(C1CC(=O)N(c2ccc(C(=O)OC)cc2)C1=O)S(=O)(=O)c1ccc(Br)cc1. The van der Waals surface area contributed by atoms with Gasteiger partial charge in [0.1, 0.15) is 6.04 Å². The monoisotopic (exact) mass is 506 g/mol. The fourth-order valence-corrected chi connectivity index (χ4v) is 5.06. The van der Waals surface area contributed by atoms with Crippen LogP contribution in [0.2, 0.25) is 0 Å². The van der Waals surface area contributed by atoms with Crippen molar-refractivity contribution in [3.05, 3.63) is 71.2 Å². The maximum absolute atomic E-state index is 13.2. The van der Waals surface area contributed by atoms with Crippen molar-refractivity contribution in [2.45, 2.75) is 17.4 Å². The average Bonchev–Trinajstić information content (AvgIpc) is 3.05. The number of rotatable bonds is 7. The molecule has 2 amide bonds. The zero-order chi connectivity index (χ0) is 22.8. The molecule has 0 saturated carbocycles. The molecule has 0 bridgehead atoms. The maximum atomic E-state index is 13.2. The molecule has 0 N–H and O–H groups in total. The third kappa shape index (κ3) is 4.46. The standard InChI is InChI=1S/C21H19BrN2O6S/c1-3-12-23(31(28,29)17-10-6-15(22)7-11-17)18-13-19(25)24(20(18)26)16-8-4-14(5-9-16)21(27)30-2/h3-11,18H,1,12-13H2,2H3. The second kappa shape index (κ2) is 9.13. The molecule has 2 aromatic rings. The van der Waals surface area contributed by atoms with Crippen molar-refractivity contribution in [1.82, 2.24) is 4.31 Å². The minimum atomic E-state index is -4.07. The number of sulfonamides is 1. The predicted octanol–water partition coefficient (Wildman–Crippen LogP) is 2.74. The molecule has 0 radical (unpaired) electrons. The first-order valence-corrected chi connectivity index (χ1v) is 11.4. The molecule has 0 spiro atoms. The van der Waals surface area contributed by atoms with Crippen LogP contribution >= 0.6 is 15.9 Å². The number of carbonyl (C=O) groups is 3. The molecule has 1 fully saturated rings. The highest BCUT2D eigenvalue weighted by atomic mass is 79.9. The highest BCUT2D eigenvalue weighted by Crippen LogP contribution is 2.30. The zero-order valence-corrected chi connectivity index (χ0v) is 18.9. The van der Waals surface area contributed by atoms with Crippen LogP contribution in [0.15, 0.2) is 70.6 Å². The molecule has 3 rings (SSSR count). The Morgan fingerprint density at radius 3 is 2.35 bits per heavy atom. The lowest BCUT2D eigenvalue weighted by Crippen LogP contribution is -2.45. The highest BCUT2D eigenvalue weighted by Gasteiger charge is 2.46. The van der Waals surface area contributed by atoms with Crippen LogP contribution < -0.4 is 4.90 Å². The first-order valence-electron chi connectivity index (χ1n) is 9.14. The van der Waals surface area contributed by atoms with Gasteiger partial charge in [-0.15, -0.1) is 6.58 Å². The molecular formula is C21H19BrN2O6S. The lowest BCUT2D eigenvalue weighted by Gasteiger charge is -2.25. The summed E-state index contributed by atoms with van der Waals surface area (Å²) < 4.78 is 32.7. The number of ether oxygens (including phenoxy) is 1. The number of esters is 1. The number of amides is 2. The number of nitrogens with zero attached hydrogens (tertiary/aromatic N) is 2. The molecule has 1 saturated heterocycles. The van der Waals surface area contributed by atoms with Gasteiger partial charge in [-0.1, -0.05) is 22.0 Å². The fourth-order valence-electron chi connectivity index (χ4n) is 3.24. The number of benzene rings is 2. The van der Waals surface area contributed by atoms with Crippen molar-refractivity contribution in [1.29, 1.82) is 0 Å². The van der Waals surface area contributed by atoms with Crippen LogP contribution in [0.1, 0.15) is 16.8 Å². The molecule has 1 unspecified atom stereocenters. The van der Waals surface area contributed by atoms with Crippen LogP contribution in [0.4, 0.5) is 5.69 Å². The van der Waals surface area contributed by atoms with E-state index in [0.29, 0.717) is 4.47 Å². The predicted molar refractivity (Wildman–Crippen MR) is 117 cm³/mol. The average molecular weight is 507 g/mol. The van der Waals surface area contributed by atoms with Crippen LogP contribution in [0.25, 0.3) is 0 Å². The van der Waals surface area contributed by atoms with E-state index in [1.807, 2.05) is 0 Å². The number of methoxy groups -OCH3 is 1. The van der Waals surface area contributed by atoms with E-state index in [9.17, 15) is 22.8 Å². The third-order valence-electron chi connectivity index (χ3n) is 4.75. The maximum Gasteiger partial charge on any atom is 0.337 e. The number of hydrogen-bond acceptors (Lipinski definition) is 6. The summed E-state index contributed by atoms with van der Waals surface area (Å²) in [6.07, 6.45) is 1.06. The Morgan fingerprint density at radius 2 is 1.81 bits per heavy atom. The number of hydrogen-bond donors (Lipinski definition) is 0. The number of carbonyl (C=O) groups excluding carboxylic acids is 3. The van der Waals surface area contributed by atoms with E-state index < -0.39 is 33.8 Å². The molecule has 0 aromatic heterocycles. The molecule has 1 aliphatic rings. The fraction of sp³-hybridized carbons (Fsp3) is 0.190. The van der Waals surface area contributed by atoms with Gasteiger partial charge < -0.3 is 4.74 Å². The Balaban J connectivity index is 1.93.